The van der Waals surface area contributed by atoms with E-state index in [9.17, 15) is 8.42 Å². The van der Waals surface area contributed by atoms with Gasteiger partial charge in [-0.25, -0.2) is 0 Å². The molecule has 0 fully saturated rings. The molecule has 1 aliphatic heterocycles. The predicted molar refractivity (Wildman–Crippen MR) is 118 cm³/mol. The van der Waals surface area contributed by atoms with Gasteiger partial charge in [0.25, 0.3) is 10.1 Å². The molecule has 2 aromatic carbocycles. The van der Waals surface area contributed by atoms with Crippen molar-refractivity contribution in [2.24, 2.45) is 0 Å². The number of anilines is 2. The Kier molecular flexibility index (Phi) is 7.19. The van der Waals surface area contributed by atoms with E-state index in [1.54, 1.807) is 0 Å². The van der Waals surface area contributed by atoms with E-state index >= 15 is 0 Å². The molecular formula is C23H31NO4S. The first-order valence-corrected chi connectivity index (χ1v) is 12.2. The highest BCUT2D eigenvalue weighted by Crippen LogP contribution is 2.47. The molecular weight excluding hydrogens is 386 g/mol. The predicted octanol–water partition coefficient (Wildman–Crippen LogP) is 5.89. The minimum atomic E-state index is -3.97. The fraction of sp³-hybridized carbons (Fsp3) is 0.478. The van der Waals surface area contributed by atoms with Gasteiger partial charge in [0.2, 0.25) is 0 Å². The van der Waals surface area contributed by atoms with Gasteiger partial charge in [0.05, 0.1) is 17.1 Å². The zero-order valence-electron chi connectivity index (χ0n) is 17.4. The molecule has 0 saturated heterocycles. The highest BCUT2D eigenvalue weighted by molar-refractivity contribution is 7.85. The van der Waals surface area contributed by atoms with Crippen molar-refractivity contribution in [2.75, 3.05) is 17.2 Å². The molecule has 0 radical (unpaired) electrons. The number of ether oxygens (including phenoxy) is 1. The second-order valence-corrected chi connectivity index (χ2v) is 9.28. The van der Waals surface area contributed by atoms with Crippen molar-refractivity contribution in [1.82, 2.24) is 0 Å². The molecule has 1 aliphatic rings. The summed E-state index contributed by atoms with van der Waals surface area (Å²) in [5.41, 5.74) is 4.40. The maximum Gasteiger partial charge on any atom is 0.264 e. The van der Waals surface area contributed by atoms with Gasteiger partial charge in [-0.2, -0.15) is 8.42 Å². The molecule has 0 unspecified atom stereocenters. The van der Waals surface area contributed by atoms with Crippen molar-refractivity contribution < 1.29 is 17.7 Å². The van der Waals surface area contributed by atoms with Gasteiger partial charge in [0.1, 0.15) is 0 Å². The van der Waals surface area contributed by atoms with Crippen molar-refractivity contribution in [2.45, 2.75) is 58.8 Å². The lowest BCUT2D eigenvalue weighted by Gasteiger charge is -2.33. The van der Waals surface area contributed by atoms with Gasteiger partial charge in [0, 0.05) is 6.54 Å². The summed E-state index contributed by atoms with van der Waals surface area (Å²) in [4.78, 5) is 2.12. The Hall–Kier alpha value is -2.05. The molecule has 158 valence electrons. The lowest BCUT2D eigenvalue weighted by Crippen LogP contribution is -2.24. The summed E-state index contributed by atoms with van der Waals surface area (Å²) in [6.45, 7) is 4.85. The molecule has 0 bridgehead atoms. The van der Waals surface area contributed by atoms with E-state index in [4.69, 9.17) is 9.29 Å². The van der Waals surface area contributed by atoms with E-state index in [0.717, 1.165) is 61.4 Å². The van der Waals surface area contributed by atoms with Gasteiger partial charge in [0.15, 0.2) is 11.5 Å². The Labute approximate surface area is 174 Å². The fourth-order valence-corrected chi connectivity index (χ4v) is 4.18. The van der Waals surface area contributed by atoms with E-state index in [1.165, 1.54) is 11.1 Å². The first-order valence-electron chi connectivity index (χ1n) is 10.6. The Morgan fingerprint density at radius 1 is 0.862 bits per heavy atom. The molecule has 0 aromatic heterocycles. The smallest absolute Gasteiger partial charge is 0.264 e. The topological polar surface area (TPSA) is 66.8 Å². The molecule has 3 rings (SSSR count). The average Bonchev–Trinajstić information content (AvgIpc) is 2.69. The molecule has 6 heteroatoms. The van der Waals surface area contributed by atoms with Crippen molar-refractivity contribution in [1.29, 1.82) is 0 Å². The van der Waals surface area contributed by atoms with Crippen molar-refractivity contribution in [3.63, 3.8) is 0 Å². The summed E-state index contributed by atoms with van der Waals surface area (Å²) < 4.78 is 37.7. The lowest BCUT2D eigenvalue weighted by molar-refractivity contribution is 0.470. The zero-order valence-corrected chi connectivity index (χ0v) is 18.2. The van der Waals surface area contributed by atoms with Crippen molar-refractivity contribution >= 4 is 21.5 Å². The summed E-state index contributed by atoms with van der Waals surface area (Å²) in [6, 6.07) is 12.5. The van der Waals surface area contributed by atoms with Gasteiger partial charge in [-0.1, -0.05) is 38.8 Å². The summed E-state index contributed by atoms with van der Waals surface area (Å²) in [6.07, 6.45) is 6.89. The molecule has 29 heavy (non-hydrogen) atoms. The van der Waals surface area contributed by atoms with Crippen LogP contribution in [0.2, 0.25) is 0 Å². The van der Waals surface area contributed by atoms with Crippen LogP contribution in [-0.4, -0.2) is 25.3 Å². The second kappa shape index (κ2) is 9.63. The van der Waals surface area contributed by atoms with E-state index in [0.29, 0.717) is 13.0 Å². The van der Waals surface area contributed by atoms with Crippen LogP contribution in [0.4, 0.5) is 11.4 Å². The summed E-state index contributed by atoms with van der Waals surface area (Å²) in [7, 11) is -3.97. The van der Waals surface area contributed by atoms with Crippen LogP contribution >= 0.6 is 0 Å². The third-order valence-corrected chi connectivity index (χ3v) is 6.08. The minimum Gasteiger partial charge on any atom is -0.453 e. The molecule has 2 aromatic rings. The van der Waals surface area contributed by atoms with Crippen molar-refractivity contribution in [3.05, 3.63) is 47.5 Å². The standard InChI is InChI=1S/C23H31NO4S/c1-3-5-8-18-11-13-22-21(16-18)24(14-7-15-29(25,26)27)20-12-10-19(9-6-4-2)17-23(20)28-22/h10-13,16-17H,3-9,14-15H2,1-2H3,(H,25,26,27). The normalized spacial score (nSPS) is 13.0. The molecule has 0 amide bonds. The lowest BCUT2D eigenvalue weighted by atomic mass is 10.0. The summed E-state index contributed by atoms with van der Waals surface area (Å²) in [5.74, 6) is 1.34. The van der Waals surface area contributed by atoms with Crippen LogP contribution in [0.3, 0.4) is 0 Å². The van der Waals surface area contributed by atoms with Gasteiger partial charge in [-0.3, -0.25) is 4.55 Å². The van der Waals surface area contributed by atoms with Crippen LogP contribution in [-0.2, 0) is 23.0 Å². The molecule has 1 N–H and O–H groups in total. The Morgan fingerprint density at radius 3 is 2.17 bits per heavy atom. The van der Waals surface area contributed by atoms with Crippen LogP contribution in [0.5, 0.6) is 11.5 Å². The van der Waals surface area contributed by atoms with Crippen LogP contribution in [0, 0.1) is 0 Å². The van der Waals surface area contributed by atoms with Crippen LogP contribution < -0.4 is 9.64 Å². The number of benzene rings is 2. The number of hydrogen-bond acceptors (Lipinski definition) is 4. The van der Waals surface area contributed by atoms with E-state index in [2.05, 4.69) is 49.1 Å². The number of fused-ring (bicyclic) bond motifs is 2. The minimum absolute atomic E-state index is 0.251. The van der Waals surface area contributed by atoms with Crippen LogP contribution in [0.1, 0.15) is 57.1 Å². The Morgan fingerprint density at radius 2 is 1.52 bits per heavy atom. The number of rotatable bonds is 10. The Balaban J connectivity index is 1.92. The second-order valence-electron chi connectivity index (χ2n) is 7.70. The van der Waals surface area contributed by atoms with Gasteiger partial charge in [-0.15, -0.1) is 0 Å². The van der Waals surface area contributed by atoms with Gasteiger partial charge < -0.3 is 9.64 Å². The molecule has 0 atom stereocenters. The SMILES string of the molecule is CCCCc1ccc2c(c1)Oc1ccc(CCCC)cc1N2CCCS(=O)(=O)O. The Bertz CT molecular complexity index is 940. The van der Waals surface area contributed by atoms with E-state index < -0.39 is 10.1 Å². The quantitative estimate of drug-likeness (QED) is 0.488. The molecule has 0 saturated carbocycles. The largest absolute Gasteiger partial charge is 0.453 e. The number of aryl methyl sites for hydroxylation is 2. The molecule has 0 spiro atoms. The third-order valence-electron chi connectivity index (χ3n) is 5.27. The van der Waals surface area contributed by atoms with Crippen molar-refractivity contribution in [3.8, 4) is 11.5 Å². The maximum absolute atomic E-state index is 11.2. The zero-order chi connectivity index (χ0) is 20.9. The van der Waals surface area contributed by atoms with E-state index in [-0.39, 0.29) is 5.75 Å². The fourth-order valence-electron chi connectivity index (χ4n) is 3.69. The van der Waals surface area contributed by atoms with E-state index in [1.807, 2.05) is 6.07 Å². The first kappa shape index (κ1) is 21.7. The number of nitrogens with zero attached hydrogens (tertiary/aromatic N) is 1. The average molecular weight is 418 g/mol. The highest BCUT2D eigenvalue weighted by Gasteiger charge is 2.25. The highest BCUT2D eigenvalue weighted by atomic mass is 32.2. The number of unbranched alkanes of at least 4 members (excludes halogenated alkanes) is 2. The number of hydrogen-bond donors (Lipinski definition) is 1. The van der Waals surface area contributed by atoms with Gasteiger partial charge in [-0.05, 0) is 67.5 Å². The molecule has 0 aliphatic carbocycles. The van der Waals surface area contributed by atoms with Crippen LogP contribution in [0.25, 0.3) is 0 Å². The van der Waals surface area contributed by atoms with Gasteiger partial charge >= 0.3 is 0 Å². The first-order chi connectivity index (χ1) is 13.9. The summed E-state index contributed by atoms with van der Waals surface area (Å²) >= 11 is 0. The monoisotopic (exact) mass is 417 g/mol. The maximum atomic E-state index is 11.2. The molecule has 1 heterocycles. The summed E-state index contributed by atoms with van der Waals surface area (Å²) in [5, 5.41) is 0. The molecule has 5 nitrogen and oxygen atoms in total. The third kappa shape index (κ3) is 5.73. The van der Waals surface area contributed by atoms with Crippen LogP contribution in [0.15, 0.2) is 36.4 Å².